The Morgan fingerprint density at radius 3 is 2.56 bits per heavy atom. The smallest absolute Gasteiger partial charge is 0.275 e. The average molecular weight is 389 g/mol. The van der Waals surface area contributed by atoms with Gasteiger partial charge >= 0.3 is 0 Å². The Hall–Kier alpha value is -2.77. The van der Waals surface area contributed by atoms with E-state index in [1.54, 1.807) is 36.4 Å². The molecule has 2 aromatic rings. The Labute approximate surface area is 160 Å². The highest BCUT2D eigenvalue weighted by Gasteiger charge is 2.56. The van der Waals surface area contributed by atoms with Crippen LogP contribution in [-0.4, -0.2) is 36.5 Å². The highest BCUT2D eigenvalue weighted by Crippen LogP contribution is 2.47. The van der Waals surface area contributed by atoms with E-state index in [9.17, 15) is 9.90 Å². The van der Waals surface area contributed by atoms with Crippen LogP contribution < -0.4 is 14.8 Å². The van der Waals surface area contributed by atoms with Crippen molar-refractivity contribution in [2.24, 2.45) is 5.16 Å². The summed E-state index contributed by atoms with van der Waals surface area (Å²) in [6.07, 6.45) is -1.11. The van der Waals surface area contributed by atoms with E-state index in [1.807, 2.05) is 0 Å². The molecule has 0 saturated heterocycles. The predicted molar refractivity (Wildman–Crippen MR) is 99.6 cm³/mol. The molecule has 4 rings (SSSR count). The van der Waals surface area contributed by atoms with Crippen molar-refractivity contribution in [2.75, 3.05) is 19.5 Å². The van der Waals surface area contributed by atoms with Crippen LogP contribution >= 0.6 is 11.6 Å². The molecule has 2 aromatic carbocycles. The molecule has 0 aromatic heterocycles. The number of anilines is 1. The minimum Gasteiger partial charge on any atom is -0.493 e. The second kappa shape index (κ2) is 6.44. The van der Waals surface area contributed by atoms with Crippen LogP contribution in [0.25, 0.3) is 0 Å². The number of halogens is 1. The predicted octanol–water partition coefficient (Wildman–Crippen LogP) is 2.91. The third-order valence-corrected chi connectivity index (χ3v) is 5.10. The summed E-state index contributed by atoms with van der Waals surface area (Å²) in [5.74, 6) is 0.422. The van der Waals surface area contributed by atoms with Gasteiger partial charge in [0.05, 0.1) is 25.6 Å². The SMILES string of the molecule is COc1cc2c(cc1OC)[C@@H](O)[C@]1(CC(c3ccc(Cl)cc3)=NO1)C(=O)N2. The van der Waals surface area contributed by atoms with Gasteiger partial charge in [0.15, 0.2) is 11.5 Å². The molecular weight excluding hydrogens is 372 g/mol. The quantitative estimate of drug-likeness (QED) is 0.843. The van der Waals surface area contributed by atoms with Crippen molar-refractivity contribution >= 4 is 28.9 Å². The number of nitrogens with zero attached hydrogens (tertiary/aromatic N) is 1. The highest BCUT2D eigenvalue weighted by molar-refractivity contribution is 6.30. The van der Waals surface area contributed by atoms with Gasteiger partial charge in [-0.2, -0.15) is 0 Å². The lowest BCUT2D eigenvalue weighted by atomic mass is 9.81. The normalized spacial score (nSPS) is 23.3. The third-order valence-electron chi connectivity index (χ3n) is 4.85. The molecule has 2 heterocycles. The maximum Gasteiger partial charge on any atom is 0.275 e. The summed E-state index contributed by atoms with van der Waals surface area (Å²) >= 11 is 5.92. The Morgan fingerprint density at radius 2 is 1.89 bits per heavy atom. The Bertz CT molecular complexity index is 944. The van der Waals surface area contributed by atoms with E-state index in [4.69, 9.17) is 25.9 Å². The van der Waals surface area contributed by atoms with Crippen LogP contribution in [0.1, 0.15) is 23.7 Å². The van der Waals surface area contributed by atoms with Gasteiger partial charge in [0.25, 0.3) is 11.5 Å². The first-order valence-corrected chi connectivity index (χ1v) is 8.62. The van der Waals surface area contributed by atoms with Crippen LogP contribution in [-0.2, 0) is 9.63 Å². The van der Waals surface area contributed by atoms with Crippen LogP contribution in [0.5, 0.6) is 11.5 Å². The number of carbonyl (C=O) groups is 1. The molecule has 1 spiro atoms. The summed E-state index contributed by atoms with van der Waals surface area (Å²) in [7, 11) is 3.00. The third kappa shape index (κ3) is 2.70. The van der Waals surface area contributed by atoms with E-state index < -0.39 is 17.6 Å². The zero-order chi connectivity index (χ0) is 19.2. The molecule has 0 saturated carbocycles. The van der Waals surface area contributed by atoms with Crippen LogP contribution in [0, 0.1) is 0 Å². The second-order valence-corrected chi connectivity index (χ2v) is 6.79. The van der Waals surface area contributed by atoms with Crippen LogP contribution in [0.3, 0.4) is 0 Å². The van der Waals surface area contributed by atoms with Gasteiger partial charge < -0.3 is 24.7 Å². The molecule has 2 N–H and O–H groups in total. The molecular formula is C19H17ClN2O5. The molecule has 2 atom stereocenters. The summed E-state index contributed by atoms with van der Waals surface area (Å²) in [6.45, 7) is 0. The number of benzene rings is 2. The molecule has 0 radical (unpaired) electrons. The lowest BCUT2D eigenvalue weighted by Crippen LogP contribution is -2.51. The van der Waals surface area contributed by atoms with Crippen molar-refractivity contribution in [3.05, 3.63) is 52.5 Å². The number of methoxy groups -OCH3 is 2. The number of aliphatic hydroxyl groups is 1. The number of rotatable bonds is 3. The van der Waals surface area contributed by atoms with Crippen molar-refractivity contribution in [1.82, 2.24) is 0 Å². The summed E-state index contributed by atoms with van der Waals surface area (Å²) in [6, 6.07) is 10.3. The standard InChI is InChI=1S/C19H17ClN2O5/c1-25-15-7-12-13(8-16(15)26-2)21-18(24)19(17(12)23)9-14(22-27-19)10-3-5-11(20)6-4-10/h3-8,17,23H,9H2,1-2H3,(H,21,24)/t17-,19-/m1/s1. The monoisotopic (exact) mass is 388 g/mol. The van der Waals surface area contributed by atoms with E-state index in [0.29, 0.717) is 33.5 Å². The van der Waals surface area contributed by atoms with Crippen LogP contribution in [0.4, 0.5) is 5.69 Å². The minimum absolute atomic E-state index is 0.120. The minimum atomic E-state index is -1.54. The first-order chi connectivity index (χ1) is 13.0. The van der Waals surface area contributed by atoms with Gasteiger partial charge in [0.2, 0.25) is 0 Å². The van der Waals surface area contributed by atoms with Crippen molar-refractivity contribution in [1.29, 1.82) is 0 Å². The number of ether oxygens (including phenoxy) is 2. The van der Waals surface area contributed by atoms with E-state index in [1.165, 1.54) is 14.2 Å². The molecule has 0 bridgehead atoms. The van der Waals surface area contributed by atoms with E-state index in [0.717, 1.165) is 5.56 Å². The van der Waals surface area contributed by atoms with Gasteiger partial charge in [-0.05, 0) is 23.8 Å². The largest absolute Gasteiger partial charge is 0.493 e. The molecule has 0 fully saturated rings. The Kier molecular flexibility index (Phi) is 4.20. The number of oxime groups is 1. The average Bonchev–Trinajstić information content (AvgIpc) is 3.13. The lowest BCUT2D eigenvalue weighted by Gasteiger charge is -2.36. The van der Waals surface area contributed by atoms with Gasteiger partial charge in [-0.1, -0.05) is 28.9 Å². The summed E-state index contributed by atoms with van der Waals surface area (Å²) in [4.78, 5) is 18.3. The summed E-state index contributed by atoms with van der Waals surface area (Å²) in [5, 5.41) is 18.4. The van der Waals surface area contributed by atoms with Gasteiger partial charge in [0, 0.05) is 23.1 Å². The van der Waals surface area contributed by atoms with E-state index in [-0.39, 0.29) is 6.42 Å². The maximum atomic E-state index is 12.8. The number of amides is 1. The molecule has 0 aliphatic carbocycles. The second-order valence-electron chi connectivity index (χ2n) is 6.35. The van der Waals surface area contributed by atoms with Gasteiger partial charge in [-0.25, -0.2) is 0 Å². The van der Waals surface area contributed by atoms with Crippen LogP contribution in [0.2, 0.25) is 5.02 Å². The lowest BCUT2D eigenvalue weighted by molar-refractivity contribution is -0.156. The zero-order valence-corrected chi connectivity index (χ0v) is 15.4. The molecule has 27 heavy (non-hydrogen) atoms. The van der Waals surface area contributed by atoms with E-state index in [2.05, 4.69) is 10.5 Å². The Balaban J connectivity index is 1.70. The molecule has 7 nitrogen and oxygen atoms in total. The molecule has 1 amide bonds. The number of fused-ring (bicyclic) bond motifs is 1. The van der Waals surface area contributed by atoms with E-state index >= 15 is 0 Å². The van der Waals surface area contributed by atoms with Crippen molar-refractivity contribution in [2.45, 2.75) is 18.1 Å². The number of nitrogens with one attached hydrogen (secondary N) is 1. The first kappa shape index (κ1) is 17.6. The zero-order valence-electron chi connectivity index (χ0n) is 14.7. The maximum absolute atomic E-state index is 12.8. The fourth-order valence-electron chi connectivity index (χ4n) is 3.35. The number of aliphatic hydroxyl groups excluding tert-OH is 1. The fraction of sp³-hybridized carbons (Fsp3) is 0.263. The summed E-state index contributed by atoms with van der Waals surface area (Å²) in [5.41, 5.74) is 0.708. The molecule has 0 unspecified atom stereocenters. The summed E-state index contributed by atoms with van der Waals surface area (Å²) < 4.78 is 10.6. The van der Waals surface area contributed by atoms with Gasteiger partial charge in [-0.15, -0.1) is 0 Å². The van der Waals surface area contributed by atoms with Crippen LogP contribution in [0.15, 0.2) is 41.6 Å². The first-order valence-electron chi connectivity index (χ1n) is 8.25. The van der Waals surface area contributed by atoms with Gasteiger partial charge in [0.1, 0.15) is 6.10 Å². The molecule has 2 aliphatic rings. The van der Waals surface area contributed by atoms with Crippen molar-refractivity contribution in [3.63, 3.8) is 0 Å². The van der Waals surface area contributed by atoms with Gasteiger partial charge in [-0.3, -0.25) is 4.79 Å². The topological polar surface area (TPSA) is 89.4 Å². The van der Waals surface area contributed by atoms with Crippen molar-refractivity contribution < 1.29 is 24.2 Å². The number of hydrogen-bond donors (Lipinski definition) is 2. The Morgan fingerprint density at radius 1 is 1.22 bits per heavy atom. The highest BCUT2D eigenvalue weighted by atomic mass is 35.5. The number of carbonyl (C=O) groups excluding carboxylic acids is 1. The molecule has 2 aliphatic heterocycles. The fourth-order valence-corrected chi connectivity index (χ4v) is 3.47. The molecule has 8 heteroatoms. The molecule has 140 valence electrons. The number of hydrogen-bond acceptors (Lipinski definition) is 6. The van der Waals surface area contributed by atoms with Crippen molar-refractivity contribution in [3.8, 4) is 11.5 Å².